The van der Waals surface area contributed by atoms with E-state index in [1.807, 2.05) is 4.90 Å². The molecule has 134 valence electrons. The minimum Gasteiger partial charge on any atom is -0.349 e. The van der Waals surface area contributed by atoms with Gasteiger partial charge in [0.1, 0.15) is 5.69 Å². The summed E-state index contributed by atoms with van der Waals surface area (Å²) in [6.45, 7) is 3.25. The van der Waals surface area contributed by atoms with Gasteiger partial charge in [0.15, 0.2) is 5.11 Å². The number of piperidine rings is 1. The number of nitrogens with zero attached hydrogens (tertiary/aromatic N) is 2. The van der Waals surface area contributed by atoms with Crippen molar-refractivity contribution in [3.63, 3.8) is 0 Å². The van der Waals surface area contributed by atoms with Gasteiger partial charge in [0.05, 0.1) is 9.71 Å². The molecule has 0 aromatic carbocycles. The molecule has 1 fully saturated rings. The van der Waals surface area contributed by atoms with Gasteiger partial charge in [0.25, 0.3) is 0 Å². The highest BCUT2D eigenvalue weighted by Crippen LogP contribution is 2.27. The monoisotopic (exact) mass is 379 g/mol. The maximum atomic E-state index is 12.9. The van der Waals surface area contributed by atoms with Gasteiger partial charge in [0, 0.05) is 36.0 Å². The van der Waals surface area contributed by atoms with Crippen LogP contribution in [0, 0.1) is 0 Å². The first-order valence-corrected chi connectivity index (χ1v) is 9.92. The first-order valence-electron chi connectivity index (χ1n) is 7.54. The zero-order valence-corrected chi connectivity index (χ0v) is 15.2. The van der Waals surface area contributed by atoms with E-state index in [9.17, 15) is 17.4 Å². The maximum Gasteiger partial charge on any atom is 0.433 e. The molecule has 1 atom stereocenters. The van der Waals surface area contributed by atoms with Crippen molar-refractivity contribution in [2.75, 3.05) is 19.3 Å². The number of nitrogens with one attached hydrogen (secondary N) is 1. The molecule has 1 unspecified atom stereocenters. The molecule has 0 amide bonds. The standard InChI is InChI=1S/C15H20F3N3OS2/c1-11(12-6-7-13(19-10-12)15(16,17)18)24(2,22)20-14(23)21-8-4-3-5-9-21/h6-7,10H,3-5,8-9H2,1-2H3,(H,20,22,23). The highest BCUT2D eigenvalue weighted by Gasteiger charge is 2.32. The maximum absolute atomic E-state index is 12.9. The lowest BCUT2D eigenvalue weighted by atomic mass is 10.1. The summed E-state index contributed by atoms with van der Waals surface area (Å²) in [6, 6.07) is 2.16. The summed E-state index contributed by atoms with van der Waals surface area (Å²) in [4.78, 5) is 5.80. The third kappa shape index (κ3) is 4.60. The molecule has 1 saturated heterocycles. The average molecular weight is 379 g/mol. The van der Waals surface area contributed by atoms with Crippen molar-refractivity contribution in [2.45, 2.75) is 32.4 Å². The fourth-order valence-electron chi connectivity index (χ4n) is 2.40. The van der Waals surface area contributed by atoms with Gasteiger partial charge >= 0.3 is 6.18 Å². The van der Waals surface area contributed by atoms with Crippen LogP contribution in [-0.2, 0) is 15.9 Å². The van der Waals surface area contributed by atoms with Crippen molar-refractivity contribution < 1.29 is 17.4 Å². The molecule has 0 aliphatic carbocycles. The first-order chi connectivity index (χ1) is 11.1. The predicted octanol–water partition coefficient (Wildman–Crippen LogP) is 2.83. The third-order valence-electron chi connectivity index (χ3n) is 3.97. The van der Waals surface area contributed by atoms with E-state index in [0.29, 0.717) is 15.5 Å². The molecular weight excluding hydrogens is 359 g/mol. The van der Waals surface area contributed by atoms with E-state index >= 15 is 0 Å². The van der Waals surface area contributed by atoms with Crippen molar-refractivity contribution >= 4 is 31.9 Å². The summed E-state index contributed by atoms with van der Waals surface area (Å²) in [7, 11) is -2.70. The number of likely N-dealkylation sites (tertiary alicyclic amines) is 1. The highest BCUT2D eigenvalue weighted by atomic mass is 32.2. The topological polar surface area (TPSA) is 45.2 Å². The van der Waals surface area contributed by atoms with E-state index in [-0.39, 0.29) is 0 Å². The van der Waals surface area contributed by atoms with Gasteiger partial charge < -0.3 is 4.90 Å². The molecule has 0 saturated carbocycles. The Morgan fingerprint density at radius 2 is 1.92 bits per heavy atom. The second kappa shape index (κ2) is 7.26. The number of pyridine rings is 1. The number of rotatable bonds is 2. The molecular formula is C15H20F3N3OS2. The van der Waals surface area contributed by atoms with E-state index in [1.54, 1.807) is 6.92 Å². The van der Waals surface area contributed by atoms with Crippen LogP contribution in [0.4, 0.5) is 13.2 Å². The van der Waals surface area contributed by atoms with Gasteiger partial charge in [-0.1, -0.05) is 6.07 Å². The number of hydrogen-bond acceptors (Lipinski definition) is 3. The second-order valence-electron chi connectivity index (χ2n) is 5.78. The molecule has 2 heterocycles. The number of thiocarbonyl (C=S) groups is 1. The minimum absolute atomic E-state index is 0.393. The van der Waals surface area contributed by atoms with Crippen LogP contribution in [-0.4, -0.2) is 43.4 Å². The summed E-state index contributed by atoms with van der Waals surface area (Å²) < 4.78 is 53.5. The van der Waals surface area contributed by atoms with Crippen molar-refractivity contribution in [1.82, 2.24) is 14.6 Å². The van der Waals surface area contributed by atoms with Gasteiger partial charge in [-0.05, 0) is 44.5 Å². The fourth-order valence-corrected chi connectivity index (χ4v) is 4.24. The Balaban J connectivity index is 2.21. The van der Waals surface area contributed by atoms with E-state index < -0.39 is 21.6 Å². The Labute approximate surface area is 145 Å². The predicted molar refractivity (Wildman–Crippen MR) is 94.2 cm³/mol. The lowest BCUT2D eigenvalue weighted by Crippen LogP contribution is -2.45. The normalized spacial score (nSPS) is 18.0. The minimum atomic E-state index is -4.49. The quantitative estimate of drug-likeness (QED) is 0.634. The summed E-state index contributed by atoms with van der Waals surface area (Å²) in [5.74, 6) is 0. The van der Waals surface area contributed by atoms with Crippen LogP contribution >= 0.6 is 12.2 Å². The number of alkyl halides is 3. The van der Waals surface area contributed by atoms with E-state index in [4.69, 9.17) is 12.2 Å². The zero-order chi connectivity index (χ0) is 18.0. The molecule has 0 bridgehead atoms. The molecule has 1 aromatic rings. The number of halogens is 3. The van der Waals surface area contributed by atoms with Crippen LogP contribution in [0.25, 0.3) is 0 Å². The van der Waals surface area contributed by atoms with Crippen molar-refractivity contribution in [3.8, 4) is 0 Å². The summed E-state index contributed by atoms with van der Waals surface area (Å²) >= 11 is 5.32. The van der Waals surface area contributed by atoms with Crippen LogP contribution in [0.5, 0.6) is 0 Å². The van der Waals surface area contributed by atoms with Crippen molar-refractivity contribution in [2.24, 2.45) is 0 Å². The van der Waals surface area contributed by atoms with Crippen LogP contribution in [0.3, 0.4) is 0 Å². The van der Waals surface area contributed by atoms with Crippen molar-refractivity contribution in [1.29, 1.82) is 0 Å². The zero-order valence-electron chi connectivity index (χ0n) is 13.5. The lowest BCUT2D eigenvalue weighted by Gasteiger charge is -2.30. The van der Waals surface area contributed by atoms with E-state index in [1.165, 1.54) is 12.3 Å². The Kier molecular flexibility index (Phi) is 5.74. The molecule has 1 aliphatic rings. The average Bonchev–Trinajstić information content (AvgIpc) is 2.54. The Morgan fingerprint density at radius 1 is 1.29 bits per heavy atom. The Morgan fingerprint density at radius 3 is 2.42 bits per heavy atom. The number of hydrogen-bond donors (Lipinski definition) is 1. The van der Waals surface area contributed by atoms with Gasteiger partial charge in [0.2, 0.25) is 0 Å². The molecule has 1 aliphatic heterocycles. The van der Waals surface area contributed by atoms with E-state index in [2.05, 4.69) is 9.71 Å². The van der Waals surface area contributed by atoms with Crippen LogP contribution in [0.1, 0.15) is 37.4 Å². The summed E-state index contributed by atoms with van der Waals surface area (Å²) in [6.07, 6.45) is 1.33. The Hall–Kier alpha value is -1.35. The molecule has 9 heteroatoms. The molecule has 1 N–H and O–H groups in total. The van der Waals surface area contributed by atoms with Crippen LogP contribution in [0.2, 0.25) is 0 Å². The molecule has 24 heavy (non-hydrogen) atoms. The van der Waals surface area contributed by atoms with Gasteiger partial charge in [-0.3, -0.25) is 9.71 Å². The number of aromatic nitrogens is 1. The highest BCUT2D eigenvalue weighted by molar-refractivity contribution is 8.01. The van der Waals surface area contributed by atoms with Gasteiger partial charge in [-0.2, -0.15) is 13.2 Å². The smallest absolute Gasteiger partial charge is 0.349 e. The molecule has 0 spiro atoms. The van der Waals surface area contributed by atoms with E-state index in [0.717, 1.165) is 44.6 Å². The lowest BCUT2D eigenvalue weighted by molar-refractivity contribution is -0.141. The molecule has 4 nitrogen and oxygen atoms in total. The van der Waals surface area contributed by atoms with Gasteiger partial charge in [-0.25, -0.2) is 4.21 Å². The SMILES string of the molecule is CC(c1ccc(C(F)(F)F)nc1)=S(C)(=O)NC(=S)N1CCCCC1. The second-order valence-corrected chi connectivity index (χ2v) is 8.68. The largest absolute Gasteiger partial charge is 0.433 e. The van der Waals surface area contributed by atoms with Crippen LogP contribution in [0.15, 0.2) is 18.3 Å². The first kappa shape index (κ1) is 19.0. The molecule has 0 radical (unpaired) electrons. The Bertz CT molecular complexity index is 716. The fraction of sp³-hybridized carbons (Fsp3) is 0.533. The van der Waals surface area contributed by atoms with Gasteiger partial charge in [-0.15, -0.1) is 0 Å². The van der Waals surface area contributed by atoms with Crippen molar-refractivity contribution in [3.05, 3.63) is 29.6 Å². The summed E-state index contributed by atoms with van der Waals surface area (Å²) in [5, 5.41) is 0.418. The molecule has 2 rings (SSSR count). The molecule has 1 aromatic heterocycles. The summed E-state index contributed by atoms with van der Waals surface area (Å²) in [5.41, 5.74) is -0.581. The van der Waals surface area contributed by atoms with Crippen LogP contribution < -0.4 is 4.72 Å². The third-order valence-corrected chi connectivity index (χ3v) is 6.45.